The summed E-state index contributed by atoms with van der Waals surface area (Å²) in [5.74, 6) is 0. The van der Waals surface area contributed by atoms with Crippen LogP contribution in [0.4, 0.5) is 17.1 Å². The van der Waals surface area contributed by atoms with Gasteiger partial charge in [-0.3, -0.25) is 0 Å². The fraction of sp³-hybridized carbons (Fsp3) is 0.0556. The topological polar surface area (TPSA) is 3.24 Å². The molecule has 0 N–H and O–H groups in total. The van der Waals surface area contributed by atoms with Crippen LogP contribution in [-0.4, -0.2) is 0 Å². The highest BCUT2D eigenvalue weighted by Crippen LogP contribution is 2.46. The van der Waals surface area contributed by atoms with Crippen LogP contribution in [0.25, 0.3) is 43.1 Å². The first-order valence-corrected chi connectivity index (χ1v) is 12.9. The molecule has 0 fully saturated rings. The Labute approximate surface area is 217 Å². The van der Waals surface area contributed by atoms with Crippen molar-refractivity contribution in [2.45, 2.75) is 13.8 Å². The van der Waals surface area contributed by atoms with E-state index in [1.165, 1.54) is 71.3 Å². The van der Waals surface area contributed by atoms with Gasteiger partial charge in [-0.1, -0.05) is 103 Å². The summed E-state index contributed by atoms with van der Waals surface area (Å²) in [5, 5.41) is 10.1. The minimum atomic E-state index is 1.17. The van der Waals surface area contributed by atoms with Gasteiger partial charge in [-0.15, -0.1) is 0 Å². The summed E-state index contributed by atoms with van der Waals surface area (Å²) < 4.78 is 0. The Bertz CT molecular complexity index is 1850. The van der Waals surface area contributed by atoms with Crippen LogP contribution in [0.15, 0.2) is 127 Å². The lowest BCUT2D eigenvalue weighted by Gasteiger charge is -2.29. The summed E-state index contributed by atoms with van der Waals surface area (Å²) in [7, 11) is 0. The Balaban J connectivity index is 1.65. The summed E-state index contributed by atoms with van der Waals surface area (Å²) in [6.07, 6.45) is 0. The molecule has 7 aromatic carbocycles. The molecule has 0 saturated heterocycles. The van der Waals surface area contributed by atoms with Crippen LogP contribution in [0, 0.1) is 13.8 Å². The first kappa shape index (κ1) is 21.6. The van der Waals surface area contributed by atoms with Gasteiger partial charge in [0.05, 0.1) is 11.4 Å². The number of aryl methyl sites for hydroxylation is 2. The summed E-state index contributed by atoms with van der Waals surface area (Å²) >= 11 is 0. The van der Waals surface area contributed by atoms with E-state index in [-0.39, 0.29) is 0 Å². The van der Waals surface area contributed by atoms with Crippen molar-refractivity contribution in [3.8, 4) is 0 Å². The minimum absolute atomic E-state index is 1.17. The van der Waals surface area contributed by atoms with Gasteiger partial charge in [0.2, 0.25) is 0 Å². The standard InChI is InChI=1S/C36H27N/c1-24-19-20-28(21-25(24)2)37(35-22-26-11-3-5-13-29(26)31-15-7-9-17-33(31)35)36-23-27-12-4-6-14-30(27)32-16-8-10-18-34(32)36/h3-23H,1-2H3. The molecule has 0 aliphatic carbocycles. The first-order valence-electron chi connectivity index (χ1n) is 12.9. The molecule has 7 aromatic rings. The third-order valence-electron chi connectivity index (χ3n) is 7.72. The summed E-state index contributed by atoms with van der Waals surface area (Å²) in [4.78, 5) is 2.47. The molecule has 0 aromatic heterocycles. The van der Waals surface area contributed by atoms with Crippen molar-refractivity contribution in [2.75, 3.05) is 4.90 Å². The molecule has 0 saturated carbocycles. The van der Waals surface area contributed by atoms with Gasteiger partial charge in [-0.2, -0.15) is 0 Å². The van der Waals surface area contributed by atoms with Crippen LogP contribution in [0.2, 0.25) is 0 Å². The summed E-state index contributed by atoms with van der Waals surface area (Å²) in [6.45, 7) is 4.38. The number of rotatable bonds is 3. The van der Waals surface area contributed by atoms with Crippen molar-refractivity contribution in [2.24, 2.45) is 0 Å². The van der Waals surface area contributed by atoms with Crippen molar-refractivity contribution in [3.05, 3.63) is 139 Å². The molecule has 0 atom stereocenters. The average Bonchev–Trinajstić information content (AvgIpc) is 2.95. The van der Waals surface area contributed by atoms with Crippen LogP contribution in [0.5, 0.6) is 0 Å². The Morgan fingerprint density at radius 3 is 1.30 bits per heavy atom. The fourth-order valence-electron chi connectivity index (χ4n) is 5.71. The van der Waals surface area contributed by atoms with E-state index in [1.54, 1.807) is 0 Å². The molecular formula is C36H27N. The zero-order valence-electron chi connectivity index (χ0n) is 21.1. The van der Waals surface area contributed by atoms with Crippen LogP contribution in [0.3, 0.4) is 0 Å². The van der Waals surface area contributed by atoms with Gasteiger partial charge in [0.15, 0.2) is 0 Å². The van der Waals surface area contributed by atoms with Gasteiger partial charge >= 0.3 is 0 Å². The van der Waals surface area contributed by atoms with E-state index in [9.17, 15) is 0 Å². The molecule has 1 nitrogen and oxygen atoms in total. The van der Waals surface area contributed by atoms with E-state index < -0.39 is 0 Å². The Morgan fingerprint density at radius 2 is 0.811 bits per heavy atom. The molecule has 0 amide bonds. The van der Waals surface area contributed by atoms with Crippen LogP contribution < -0.4 is 4.90 Å². The molecule has 37 heavy (non-hydrogen) atoms. The van der Waals surface area contributed by atoms with Crippen molar-refractivity contribution < 1.29 is 0 Å². The lowest BCUT2D eigenvalue weighted by molar-refractivity contribution is 1.27. The molecule has 0 radical (unpaired) electrons. The summed E-state index contributed by atoms with van der Waals surface area (Å²) in [5.41, 5.74) is 6.15. The number of hydrogen-bond acceptors (Lipinski definition) is 1. The lowest BCUT2D eigenvalue weighted by atomic mass is 9.96. The van der Waals surface area contributed by atoms with E-state index in [0.29, 0.717) is 0 Å². The maximum absolute atomic E-state index is 2.47. The third kappa shape index (κ3) is 3.47. The highest BCUT2D eigenvalue weighted by atomic mass is 15.1. The molecule has 176 valence electrons. The highest BCUT2D eigenvalue weighted by Gasteiger charge is 2.20. The molecule has 0 bridgehead atoms. The second kappa shape index (κ2) is 8.50. The fourth-order valence-corrected chi connectivity index (χ4v) is 5.71. The summed E-state index contributed by atoms with van der Waals surface area (Å²) in [6, 6.07) is 46.6. The van der Waals surface area contributed by atoms with E-state index in [2.05, 4.69) is 146 Å². The van der Waals surface area contributed by atoms with Crippen LogP contribution in [-0.2, 0) is 0 Å². The van der Waals surface area contributed by atoms with Gasteiger partial charge in [0.1, 0.15) is 0 Å². The van der Waals surface area contributed by atoms with Gasteiger partial charge in [-0.25, -0.2) is 0 Å². The predicted molar refractivity (Wildman–Crippen MR) is 161 cm³/mol. The number of hydrogen-bond donors (Lipinski definition) is 0. The van der Waals surface area contributed by atoms with Crippen molar-refractivity contribution in [3.63, 3.8) is 0 Å². The molecule has 0 unspecified atom stereocenters. The van der Waals surface area contributed by atoms with E-state index in [1.807, 2.05) is 0 Å². The highest BCUT2D eigenvalue weighted by molar-refractivity contribution is 6.18. The Hall–Kier alpha value is -4.62. The van der Waals surface area contributed by atoms with E-state index in [0.717, 1.165) is 0 Å². The number of fused-ring (bicyclic) bond motifs is 6. The Morgan fingerprint density at radius 1 is 0.378 bits per heavy atom. The third-order valence-corrected chi connectivity index (χ3v) is 7.72. The molecule has 0 aliphatic heterocycles. The van der Waals surface area contributed by atoms with Gasteiger partial charge in [0, 0.05) is 16.5 Å². The van der Waals surface area contributed by atoms with Gasteiger partial charge in [0.25, 0.3) is 0 Å². The number of nitrogens with zero attached hydrogens (tertiary/aromatic N) is 1. The monoisotopic (exact) mass is 473 g/mol. The van der Waals surface area contributed by atoms with Gasteiger partial charge in [-0.05, 0) is 81.6 Å². The molecule has 0 aliphatic rings. The second-order valence-electron chi connectivity index (χ2n) is 9.93. The second-order valence-corrected chi connectivity index (χ2v) is 9.93. The minimum Gasteiger partial charge on any atom is -0.309 e. The molecule has 0 spiro atoms. The molecule has 7 rings (SSSR count). The largest absolute Gasteiger partial charge is 0.309 e. The van der Waals surface area contributed by atoms with E-state index >= 15 is 0 Å². The Kier molecular flexibility index (Phi) is 4.97. The zero-order chi connectivity index (χ0) is 24.9. The van der Waals surface area contributed by atoms with Crippen molar-refractivity contribution in [1.82, 2.24) is 0 Å². The van der Waals surface area contributed by atoms with Crippen LogP contribution >= 0.6 is 0 Å². The predicted octanol–water partition coefficient (Wildman–Crippen LogP) is 10.4. The first-order chi connectivity index (χ1) is 18.2. The molecule has 0 heterocycles. The number of benzene rings is 7. The van der Waals surface area contributed by atoms with Crippen molar-refractivity contribution >= 4 is 60.2 Å². The molecule has 1 heteroatoms. The normalized spacial score (nSPS) is 11.5. The van der Waals surface area contributed by atoms with E-state index in [4.69, 9.17) is 0 Å². The average molecular weight is 474 g/mol. The maximum Gasteiger partial charge on any atom is 0.0546 e. The number of anilines is 3. The smallest absolute Gasteiger partial charge is 0.0546 e. The SMILES string of the molecule is Cc1ccc(N(c2cc3ccccc3c3ccccc23)c2cc3ccccc3c3ccccc23)cc1C. The molecular weight excluding hydrogens is 446 g/mol. The van der Waals surface area contributed by atoms with Gasteiger partial charge < -0.3 is 4.90 Å². The zero-order valence-corrected chi connectivity index (χ0v) is 21.1. The van der Waals surface area contributed by atoms with Crippen molar-refractivity contribution in [1.29, 1.82) is 0 Å². The van der Waals surface area contributed by atoms with Crippen LogP contribution in [0.1, 0.15) is 11.1 Å². The quantitative estimate of drug-likeness (QED) is 0.231. The lowest BCUT2D eigenvalue weighted by Crippen LogP contribution is -2.12. The maximum atomic E-state index is 2.47.